The number of hydrogen-bond acceptors (Lipinski definition) is 4. The lowest BCUT2D eigenvalue weighted by molar-refractivity contribution is -0.118. The van der Waals surface area contributed by atoms with Crippen molar-refractivity contribution in [2.24, 2.45) is 0 Å². The summed E-state index contributed by atoms with van der Waals surface area (Å²) < 4.78 is 16.1. The molecule has 0 saturated carbocycles. The molecule has 0 aliphatic rings. The molecule has 0 aliphatic carbocycles. The fourth-order valence-electron chi connectivity index (χ4n) is 2.35. The van der Waals surface area contributed by atoms with Crippen LogP contribution in [-0.4, -0.2) is 33.5 Å². The van der Waals surface area contributed by atoms with Crippen LogP contribution in [0.5, 0.6) is 0 Å². The van der Waals surface area contributed by atoms with Crippen LogP contribution in [-0.2, 0) is 11.3 Å². The van der Waals surface area contributed by atoms with Gasteiger partial charge in [0.15, 0.2) is 11.0 Å². The SMILES string of the molecule is CNC(=O)CSc1nnc(-c2ccccc2F)n1Cc1ccccc1. The minimum atomic E-state index is -0.355. The maximum absolute atomic E-state index is 14.2. The Bertz CT molecular complexity index is 867. The molecule has 1 aromatic heterocycles. The van der Waals surface area contributed by atoms with Crippen LogP contribution in [0, 0.1) is 5.82 Å². The first-order valence-corrected chi connectivity index (χ1v) is 8.73. The molecule has 1 N–H and O–H groups in total. The van der Waals surface area contributed by atoms with E-state index in [1.807, 2.05) is 34.9 Å². The molecule has 0 unspecified atom stereocenters. The number of nitrogens with one attached hydrogen (secondary N) is 1. The fraction of sp³-hybridized carbons (Fsp3) is 0.167. The van der Waals surface area contributed by atoms with Crippen molar-refractivity contribution in [3.8, 4) is 11.4 Å². The van der Waals surface area contributed by atoms with Crippen molar-refractivity contribution in [2.45, 2.75) is 11.7 Å². The second-order valence-electron chi connectivity index (χ2n) is 5.32. The van der Waals surface area contributed by atoms with Gasteiger partial charge in [-0.2, -0.15) is 0 Å². The zero-order chi connectivity index (χ0) is 17.6. The van der Waals surface area contributed by atoms with Crippen LogP contribution >= 0.6 is 11.8 Å². The highest BCUT2D eigenvalue weighted by Crippen LogP contribution is 2.26. The maximum atomic E-state index is 14.2. The first kappa shape index (κ1) is 17.2. The van der Waals surface area contributed by atoms with Gasteiger partial charge >= 0.3 is 0 Å². The summed E-state index contributed by atoms with van der Waals surface area (Å²) in [6.45, 7) is 0.494. The Morgan fingerprint density at radius 1 is 1.12 bits per heavy atom. The van der Waals surface area contributed by atoms with E-state index in [1.165, 1.54) is 17.8 Å². The highest BCUT2D eigenvalue weighted by atomic mass is 32.2. The number of thioether (sulfide) groups is 1. The van der Waals surface area contributed by atoms with Crippen molar-refractivity contribution in [3.63, 3.8) is 0 Å². The Morgan fingerprint density at radius 2 is 1.84 bits per heavy atom. The zero-order valence-corrected chi connectivity index (χ0v) is 14.5. The van der Waals surface area contributed by atoms with Gasteiger partial charge in [-0.15, -0.1) is 10.2 Å². The summed E-state index contributed by atoms with van der Waals surface area (Å²) in [6.07, 6.45) is 0. The van der Waals surface area contributed by atoms with Crippen LogP contribution in [0.25, 0.3) is 11.4 Å². The normalized spacial score (nSPS) is 10.6. The Labute approximate surface area is 149 Å². The van der Waals surface area contributed by atoms with E-state index >= 15 is 0 Å². The second kappa shape index (κ2) is 7.94. The molecule has 0 atom stereocenters. The quantitative estimate of drug-likeness (QED) is 0.690. The minimum Gasteiger partial charge on any atom is -0.358 e. The molecule has 3 aromatic rings. The highest BCUT2D eigenvalue weighted by Gasteiger charge is 2.18. The largest absolute Gasteiger partial charge is 0.358 e. The molecule has 1 heterocycles. The molecule has 0 radical (unpaired) electrons. The van der Waals surface area contributed by atoms with Crippen molar-refractivity contribution in [1.82, 2.24) is 20.1 Å². The van der Waals surface area contributed by atoms with E-state index in [0.29, 0.717) is 23.1 Å². The van der Waals surface area contributed by atoms with Gasteiger partial charge in [0.05, 0.1) is 17.9 Å². The van der Waals surface area contributed by atoms with Crippen molar-refractivity contribution in [2.75, 3.05) is 12.8 Å². The molecule has 3 rings (SSSR count). The summed E-state index contributed by atoms with van der Waals surface area (Å²) in [4.78, 5) is 11.5. The molecule has 0 fully saturated rings. The van der Waals surface area contributed by atoms with E-state index in [9.17, 15) is 9.18 Å². The summed E-state index contributed by atoms with van der Waals surface area (Å²) >= 11 is 1.28. The van der Waals surface area contributed by atoms with Crippen LogP contribution in [0.3, 0.4) is 0 Å². The molecule has 0 bridgehead atoms. The van der Waals surface area contributed by atoms with Crippen LogP contribution in [0.2, 0.25) is 0 Å². The van der Waals surface area contributed by atoms with Gasteiger partial charge in [-0.05, 0) is 17.7 Å². The summed E-state index contributed by atoms with van der Waals surface area (Å²) in [7, 11) is 1.59. The molecule has 7 heteroatoms. The molecule has 128 valence electrons. The molecule has 1 amide bonds. The number of rotatable bonds is 6. The van der Waals surface area contributed by atoms with Gasteiger partial charge in [0.25, 0.3) is 0 Å². The average Bonchev–Trinajstić information content (AvgIpc) is 3.03. The van der Waals surface area contributed by atoms with Crippen LogP contribution in [0.1, 0.15) is 5.56 Å². The third-order valence-electron chi connectivity index (χ3n) is 3.63. The van der Waals surface area contributed by atoms with Crippen molar-refractivity contribution >= 4 is 17.7 Å². The van der Waals surface area contributed by atoms with E-state index in [2.05, 4.69) is 15.5 Å². The summed E-state index contributed by atoms with van der Waals surface area (Å²) in [6, 6.07) is 16.3. The molecular formula is C18H17FN4OS. The molecule has 0 spiro atoms. The van der Waals surface area contributed by atoms with E-state index in [-0.39, 0.29) is 17.5 Å². The summed E-state index contributed by atoms with van der Waals surface area (Å²) in [5, 5.41) is 11.5. The highest BCUT2D eigenvalue weighted by molar-refractivity contribution is 7.99. The standard InChI is InChI=1S/C18H17FN4OS/c1-20-16(24)12-25-18-22-21-17(14-9-5-6-10-15(14)19)23(18)11-13-7-3-2-4-8-13/h2-10H,11-12H2,1H3,(H,20,24). The predicted octanol–water partition coefficient (Wildman–Crippen LogP) is 2.97. The number of carbonyl (C=O) groups excluding carboxylic acids is 1. The fourth-order valence-corrected chi connectivity index (χ4v) is 3.16. The number of aromatic nitrogens is 3. The zero-order valence-electron chi connectivity index (χ0n) is 13.6. The third kappa shape index (κ3) is 4.06. The molecule has 5 nitrogen and oxygen atoms in total. The lowest BCUT2D eigenvalue weighted by Crippen LogP contribution is -2.20. The third-order valence-corrected chi connectivity index (χ3v) is 4.59. The first-order valence-electron chi connectivity index (χ1n) is 7.74. The lowest BCUT2D eigenvalue weighted by Gasteiger charge is -2.11. The van der Waals surface area contributed by atoms with Gasteiger partial charge in [0.1, 0.15) is 5.82 Å². The lowest BCUT2D eigenvalue weighted by atomic mass is 10.2. The van der Waals surface area contributed by atoms with Gasteiger partial charge in [0, 0.05) is 7.05 Å². The topological polar surface area (TPSA) is 59.8 Å². The van der Waals surface area contributed by atoms with E-state index in [4.69, 9.17) is 0 Å². The Kier molecular flexibility index (Phi) is 5.45. The van der Waals surface area contributed by atoms with Gasteiger partial charge in [0.2, 0.25) is 5.91 Å². The predicted molar refractivity (Wildman–Crippen MR) is 95.8 cm³/mol. The Balaban J connectivity index is 1.99. The number of benzene rings is 2. The van der Waals surface area contributed by atoms with Crippen molar-refractivity contribution in [3.05, 3.63) is 66.0 Å². The summed E-state index contributed by atoms with van der Waals surface area (Å²) in [5.41, 5.74) is 1.43. The number of hydrogen-bond donors (Lipinski definition) is 1. The number of carbonyl (C=O) groups is 1. The average molecular weight is 356 g/mol. The monoisotopic (exact) mass is 356 g/mol. The minimum absolute atomic E-state index is 0.105. The number of nitrogens with zero attached hydrogens (tertiary/aromatic N) is 3. The van der Waals surface area contributed by atoms with E-state index < -0.39 is 0 Å². The van der Waals surface area contributed by atoms with Crippen molar-refractivity contribution in [1.29, 1.82) is 0 Å². The molecular weight excluding hydrogens is 339 g/mol. The van der Waals surface area contributed by atoms with Gasteiger partial charge in [-0.1, -0.05) is 54.2 Å². The second-order valence-corrected chi connectivity index (χ2v) is 6.26. The van der Waals surface area contributed by atoms with E-state index in [0.717, 1.165) is 5.56 Å². The Morgan fingerprint density at radius 3 is 2.56 bits per heavy atom. The van der Waals surface area contributed by atoms with Crippen LogP contribution in [0.15, 0.2) is 59.8 Å². The van der Waals surface area contributed by atoms with Gasteiger partial charge < -0.3 is 5.32 Å². The molecule has 2 aromatic carbocycles. The molecule has 25 heavy (non-hydrogen) atoms. The summed E-state index contributed by atoms with van der Waals surface area (Å²) in [5.74, 6) is 0.209. The van der Waals surface area contributed by atoms with Gasteiger partial charge in [-0.25, -0.2) is 4.39 Å². The van der Waals surface area contributed by atoms with E-state index in [1.54, 1.807) is 25.2 Å². The maximum Gasteiger partial charge on any atom is 0.230 e. The van der Waals surface area contributed by atoms with Crippen LogP contribution < -0.4 is 5.32 Å². The van der Waals surface area contributed by atoms with Crippen molar-refractivity contribution < 1.29 is 9.18 Å². The van der Waals surface area contributed by atoms with Crippen LogP contribution in [0.4, 0.5) is 4.39 Å². The molecule has 0 saturated heterocycles. The van der Waals surface area contributed by atoms with Gasteiger partial charge in [-0.3, -0.25) is 9.36 Å². The number of amides is 1. The number of halogens is 1. The smallest absolute Gasteiger partial charge is 0.230 e. The first-order chi connectivity index (χ1) is 12.2. The molecule has 0 aliphatic heterocycles. The Hall–Kier alpha value is -2.67.